The number of benzene rings is 1. The Hall–Kier alpha value is -1.02. The smallest absolute Gasteiger partial charge is 0.0407 e. The summed E-state index contributed by atoms with van der Waals surface area (Å²) >= 11 is 0. The van der Waals surface area contributed by atoms with Gasteiger partial charge in [-0.3, -0.25) is 0 Å². The lowest BCUT2D eigenvalue weighted by Gasteiger charge is -2.29. The summed E-state index contributed by atoms with van der Waals surface area (Å²) in [5, 5.41) is 0. The van der Waals surface area contributed by atoms with Crippen LogP contribution in [-0.4, -0.2) is 18.6 Å². The minimum absolute atomic E-state index is 0.580. The van der Waals surface area contributed by atoms with Crippen LogP contribution in [0.2, 0.25) is 0 Å². The molecule has 1 unspecified atom stereocenters. The predicted molar refractivity (Wildman–Crippen MR) is 74.6 cm³/mol. The first kappa shape index (κ1) is 12.4. The van der Waals surface area contributed by atoms with Crippen molar-refractivity contribution in [3.05, 3.63) is 29.3 Å². The first-order valence-corrected chi connectivity index (χ1v) is 6.74. The summed E-state index contributed by atoms with van der Waals surface area (Å²) in [6.45, 7) is 7.66. The van der Waals surface area contributed by atoms with E-state index in [0.717, 1.165) is 19.4 Å². The first-order chi connectivity index (χ1) is 8.15. The van der Waals surface area contributed by atoms with E-state index in [4.69, 9.17) is 5.73 Å². The Bertz CT molecular complexity index is 385. The molecule has 1 heterocycles. The molecule has 1 atom stereocenters. The number of hydrogen-bond donors (Lipinski definition) is 1. The predicted octanol–water partition coefficient (Wildman–Crippen LogP) is 2.74. The van der Waals surface area contributed by atoms with Gasteiger partial charge in [-0.05, 0) is 63.8 Å². The molecule has 0 bridgehead atoms. The van der Waals surface area contributed by atoms with Gasteiger partial charge < -0.3 is 10.6 Å². The summed E-state index contributed by atoms with van der Waals surface area (Å²) < 4.78 is 0. The van der Waals surface area contributed by atoms with E-state index >= 15 is 0 Å². The maximum absolute atomic E-state index is 5.61. The molecule has 1 aliphatic rings. The van der Waals surface area contributed by atoms with E-state index in [1.54, 1.807) is 5.56 Å². The van der Waals surface area contributed by atoms with Gasteiger partial charge in [0.25, 0.3) is 0 Å². The maximum atomic E-state index is 5.61. The van der Waals surface area contributed by atoms with Gasteiger partial charge in [-0.25, -0.2) is 0 Å². The van der Waals surface area contributed by atoms with Gasteiger partial charge in [0.1, 0.15) is 0 Å². The highest BCUT2D eigenvalue weighted by Gasteiger charge is 2.28. The van der Waals surface area contributed by atoms with Crippen LogP contribution in [0.5, 0.6) is 0 Å². The zero-order chi connectivity index (χ0) is 12.4. The van der Waals surface area contributed by atoms with Gasteiger partial charge in [0.2, 0.25) is 0 Å². The number of fused-ring (bicyclic) bond motifs is 1. The molecule has 0 radical (unpaired) electrons. The van der Waals surface area contributed by atoms with Gasteiger partial charge in [0.15, 0.2) is 0 Å². The zero-order valence-corrected chi connectivity index (χ0v) is 11.2. The highest BCUT2D eigenvalue weighted by Crippen LogP contribution is 2.36. The SMILES string of the molecule is CC(C)N1c2cccc(CCCN)c2CC1C. The average Bonchev–Trinajstić information content (AvgIpc) is 2.62. The van der Waals surface area contributed by atoms with Gasteiger partial charge >= 0.3 is 0 Å². The Labute approximate surface area is 105 Å². The molecule has 0 aliphatic carbocycles. The quantitative estimate of drug-likeness (QED) is 0.865. The molecule has 94 valence electrons. The van der Waals surface area contributed by atoms with Crippen molar-refractivity contribution < 1.29 is 0 Å². The second kappa shape index (κ2) is 5.09. The lowest BCUT2D eigenvalue weighted by atomic mass is 9.99. The van der Waals surface area contributed by atoms with Crippen molar-refractivity contribution in [1.82, 2.24) is 0 Å². The monoisotopic (exact) mass is 232 g/mol. The maximum Gasteiger partial charge on any atom is 0.0407 e. The van der Waals surface area contributed by atoms with Gasteiger partial charge in [-0.1, -0.05) is 12.1 Å². The summed E-state index contributed by atoms with van der Waals surface area (Å²) in [7, 11) is 0. The average molecular weight is 232 g/mol. The minimum atomic E-state index is 0.580. The number of anilines is 1. The van der Waals surface area contributed by atoms with Crippen molar-refractivity contribution in [2.75, 3.05) is 11.4 Å². The molecule has 2 heteroatoms. The highest BCUT2D eigenvalue weighted by molar-refractivity contribution is 5.62. The summed E-state index contributed by atoms with van der Waals surface area (Å²) in [6.07, 6.45) is 3.40. The number of aryl methyl sites for hydroxylation is 1. The number of rotatable bonds is 4. The van der Waals surface area contributed by atoms with Gasteiger partial charge in [0.05, 0.1) is 0 Å². The molecule has 0 saturated heterocycles. The second-order valence-corrected chi connectivity index (χ2v) is 5.36. The third-order valence-corrected chi connectivity index (χ3v) is 3.71. The molecule has 0 amide bonds. The molecule has 1 aliphatic heterocycles. The fourth-order valence-electron chi connectivity index (χ4n) is 3.04. The van der Waals surface area contributed by atoms with Crippen molar-refractivity contribution in [1.29, 1.82) is 0 Å². The third-order valence-electron chi connectivity index (χ3n) is 3.71. The number of nitrogens with two attached hydrogens (primary N) is 1. The van der Waals surface area contributed by atoms with Crippen LogP contribution in [0.4, 0.5) is 5.69 Å². The molecule has 2 N–H and O–H groups in total. The first-order valence-electron chi connectivity index (χ1n) is 6.74. The van der Waals surface area contributed by atoms with E-state index in [1.807, 2.05) is 0 Å². The molecule has 0 spiro atoms. The molecule has 1 aromatic rings. The molecular formula is C15H24N2. The highest BCUT2D eigenvalue weighted by atomic mass is 15.2. The van der Waals surface area contributed by atoms with Gasteiger partial charge in [-0.2, -0.15) is 0 Å². The van der Waals surface area contributed by atoms with Crippen molar-refractivity contribution in [2.45, 2.75) is 52.1 Å². The molecule has 17 heavy (non-hydrogen) atoms. The number of nitrogens with zero attached hydrogens (tertiary/aromatic N) is 1. The Kier molecular flexibility index (Phi) is 3.72. The third kappa shape index (κ3) is 2.32. The standard InChI is InChI=1S/C15H24N2/c1-11(2)17-12(3)10-14-13(7-5-9-16)6-4-8-15(14)17/h4,6,8,11-12H,5,7,9-10,16H2,1-3H3. The Morgan fingerprint density at radius 1 is 1.41 bits per heavy atom. The molecule has 0 aromatic heterocycles. The van der Waals surface area contributed by atoms with Crippen LogP contribution in [0.15, 0.2) is 18.2 Å². The topological polar surface area (TPSA) is 29.3 Å². The van der Waals surface area contributed by atoms with Crippen LogP contribution in [0.3, 0.4) is 0 Å². The summed E-state index contributed by atoms with van der Waals surface area (Å²) in [5.41, 5.74) is 10.1. The molecular weight excluding hydrogens is 208 g/mol. The Morgan fingerprint density at radius 3 is 2.82 bits per heavy atom. The summed E-state index contributed by atoms with van der Waals surface area (Å²) in [5.74, 6) is 0. The van der Waals surface area contributed by atoms with Crippen LogP contribution >= 0.6 is 0 Å². The van der Waals surface area contributed by atoms with Gasteiger partial charge in [0, 0.05) is 17.8 Å². The fourth-order valence-corrected chi connectivity index (χ4v) is 3.04. The second-order valence-electron chi connectivity index (χ2n) is 5.36. The molecule has 0 fully saturated rings. The Balaban J connectivity index is 2.31. The van der Waals surface area contributed by atoms with Crippen molar-refractivity contribution >= 4 is 5.69 Å². The van der Waals surface area contributed by atoms with Crippen LogP contribution in [0.25, 0.3) is 0 Å². The number of hydrogen-bond acceptors (Lipinski definition) is 2. The lowest BCUT2D eigenvalue weighted by Crippen LogP contribution is -2.35. The van der Waals surface area contributed by atoms with E-state index in [2.05, 4.69) is 43.9 Å². The van der Waals surface area contributed by atoms with E-state index in [1.165, 1.54) is 17.7 Å². The Morgan fingerprint density at radius 2 is 2.18 bits per heavy atom. The van der Waals surface area contributed by atoms with Crippen molar-refractivity contribution in [2.24, 2.45) is 5.73 Å². The summed E-state index contributed by atoms with van der Waals surface area (Å²) in [6, 6.07) is 7.94. The van der Waals surface area contributed by atoms with Crippen LogP contribution in [0.1, 0.15) is 38.3 Å². The minimum Gasteiger partial charge on any atom is -0.366 e. The van der Waals surface area contributed by atoms with Crippen LogP contribution < -0.4 is 10.6 Å². The fraction of sp³-hybridized carbons (Fsp3) is 0.600. The van der Waals surface area contributed by atoms with Crippen molar-refractivity contribution in [3.8, 4) is 0 Å². The molecule has 0 saturated carbocycles. The summed E-state index contributed by atoms with van der Waals surface area (Å²) in [4.78, 5) is 2.54. The van der Waals surface area contributed by atoms with E-state index in [-0.39, 0.29) is 0 Å². The molecule has 1 aromatic carbocycles. The van der Waals surface area contributed by atoms with Crippen LogP contribution in [-0.2, 0) is 12.8 Å². The van der Waals surface area contributed by atoms with E-state index < -0.39 is 0 Å². The molecule has 2 nitrogen and oxygen atoms in total. The largest absolute Gasteiger partial charge is 0.366 e. The molecule has 2 rings (SSSR count). The van der Waals surface area contributed by atoms with E-state index in [9.17, 15) is 0 Å². The zero-order valence-electron chi connectivity index (χ0n) is 11.2. The van der Waals surface area contributed by atoms with E-state index in [0.29, 0.717) is 12.1 Å². The van der Waals surface area contributed by atoms with Gasteiger partial charge in [-0.15, -0.1) is 0 Å². The van der Waals surface area contributed by atoms with Crippen LogP contribution in [0, 0.1) is 0 Å². The normalized spacial score (nSPS) is 18.9. The van der Waals surface area contributed by atoms with Crippen molar-refractivity contribution in [3.63, 3.8) is 0 Å². The lowest BCUT2D eigenvalue weighted by molar-refractivity contribution is 0.605.